The molecule has 29 heavy (non-hydrogen) atoms. The quantitative estimate of drug-likeness (QED) is 0.519. The van der Waals surface area contributed by atoms with Gasteiger partial charge in [0.25, 0.3) is 5.91 Å². The van der Waals surface area contributed by atoms with E-state index < -0.39 is 6.10 Å². The lowest BCUT2D eigenvalue weighted by atomic mass is 10.2. The Kier molecular flexibility index (Phi) is 8.14. The van der Waals surface area contributed by atoms with Crippen LogP contribution in [-0.2, 0) is 22.7 Å². The van der Waals surface area contributed by atoms with Crippen LogP contribution in [-0.4, -0.2) is 34.3 Å². The van der Waals surface area contributed by atoms with Gasteiger partial charge >= 0.3 is 0 Å². The molecule has 3 aromatic rings. The minimum atomic E-state index is -0.606. The number of nitrogens with zero attached hydrogens (tertiary/aromatic N) is 2. The highest BCUT2D eigenvalue weighted by molar-refractivity contribution is 5.94. The maximum atomic E-state index is 12.3. The summed E-state index contributed by atoms with van der Waals surface area (Å²) in [5, 5.41) is 9.72. The van der Waals surface area contributed by atoms with Gasteiger partial charge in [0.15, 0.2) is 5.82 Å². The minimum absolute atomic E-state index is 0. The topological polar surface area (TPSA) is 115 Å². The molecule has 0 aliphatic heterocycles. The first-order chi connectivity index (χ1) is 13.6. The molecule has 0 saturated heterocycles. The molecule has 1 atom stereocenters. The molecular formula is C20H24ClN5O3. The fourth-order valence-electron chi connectivity index (χ4n) is 2.52. The van der Waals surface area contributed by atoms with Gasteiger partial charge in [0.1, 0.15) is 17.7 Å². The highest BCUT2D eigenvalue weighted by Crippen LogP contribution is 2.18. The molecule has 1 aromatic heterocycles. The molecule has 154 valence electrons. The Morgan fingerprint density at radius 3 is 2.66 bits per heavy atom. The lowest BCUT2D eigenvalue weighted by Gasteiger charge is -2.14. The van der Waals surface area contributed by atoms with Gasteiger partial charge in [-0.25, -0.2) is 4.98 Å². The number of nitrogens with two attached hydrogens (primary N) is 1. The molecule has 0 spiro atoms. The zero-order chi connectivity index (χ0) is 19.9. The Hall–Kier alpha value is -2.94. The van der Waals surface area contributed by atoms with E-state index in [2.05, 4.69) is 20.5 Å². The van der Waals surface area contributed by atoms with Gasteiger partial charge < -0.3 is 20.5 Å². The molecule has 0 aliphatic rings. The van der Waals surface area contributed by atoms with Gasteiger partial charge in [-0.3, -0.25) is 9.89 Å². The van der Waals surface area contributed by atoms with Crippen molar-refractivity contribution in [3.8, 4) is 17.1 Å². The van der Waals surface area contributed by atoms with Gasteiger partial charge in [0.05, 0.1) is 20.3 Å². The first kappa shape index (κ1) is 22.4. The standard InChI is InChI=1S/C20H23N5O3.ClH/c1-13(28-12-14-4-3-5-17(10-14)27-2)20(26)22-16-8-6-15(7-9-16)19-23-18(11-21)24-25-19;/h3-10,13H,11-12,21H2,1-2H3,(H,22,26)(H,23,24,25);1H. The molecule has 4 N–H and O–H groups in total. The number of rotatable bonds is 8. The number of nitrogens with one attached hydrogen (secondary N) is 2. The number of anilines is 1. The lowest BCUT2D eigenvalue weighted by molar-refractivity contribution is -0.127. The number of carbonyl (C=O) groups is 1. The van der Waals surface area contributed by atoms with Crippen molar-refractivity contribution in [2.75, 3.05) is 12.4 Å². The van der Waals surface area contributed by atoms with E-state index in [1.54, 1.807) is 26.2 Å². The molecule has 1 amide bonds. The van der Waals surface area contributed by atoms with Crippen molar-refractivity contribution in [3.63, 3.8) is 0 Å². The second kappa shape index (κ2) is 10.6. The highest BCUT2D eigenvalue weighted by atomic mass is 35.5. The number of aromatic nitrogens is 3. The summed E-state index contributed by atoms with van der Waals surface area (Å²) in [5.41, 5.74) is 7.96. The molecule has 0 bridgehead atoms. The van der Waals surface area contributed by atoms with Gasteiger partial charge in [-0.05, 0) is 48.9 Å². The summed E-state index contributed by atoms with van der Waals surface area (Å²) in [6, 6.07) is 14.8. The summed E-state index contributed by atoms with van der Waals surface area (Å²) in [7, 11) is 1.61. The number of amides is 1. The van der Waals surface area contributed by atoms with Crippen LogP contribution in [0.5, 0.6) is 5.75 Å². The first-order valence-corrected chi connectivity index (χ1v) is 8.86. The third-order valence-electron chi connectivity index (χ3n) is 4.14. The van der Waals surface area contributed by atoms with E-state index in [4.69, 9.17) is 15.2 Å². The fourth-order valence-corrected chi connectivity index (χ4v) is 2.52. The largest absolute Gasteiger partial charge is 0.497 e. The number of ether oxygens (including phenoxy) is 2. The molecule has 0 fully saturated rings. The van der Waals surface area contributed by atoms with Crippen molar-refractivity contribution < 1.29 is 14.3 Å². The van der Waals surface area contributed by atoms with Crippen LogP contribution in [0.25, 0.3) is 11.4 Å². The molecule has 1 heterocycles. The van der Waals surface area contributed by atoms with Crippen molar-refractivity contribution in [1.29, 1.82) is 0 Å². The summed E-state index contributed by atoms with van der Waals surface area (Å²) < 4.78 is 10.9. The van der Waals surface area contributed by atoms with Crippen molar-refractivity contribution in [1.82, 2.24) is 15.2 Å². The van der Waals surface area contributed by atoms with Crippen molar-refractivity contribution in [2.24, 2.45) is 5.73 Å². The number of benzene rings is 2. The van der Waals surface area contributed by atoms with Gasteiger partial charge in [0, 0.05) is 11.3 Å². The fraction of sp³-hybridized carbons (Fsp3) is 0.250. The van der Waals surface area contributed by atoms with E-state index in [1.807, 2.05) is 36.4 Å². The van der Waals surface area contributed by atoms with Crippen LogP contribution in [0.15, 0.2) is 48.5 Å². The third kappa shape index (κ3) is 6.02. The molecule has 0 aliphatic carbocycles. The van der Waals surface area contributed by atoms with Crippen LogP contribution in [0.3, 0.4) is 0 Å². The van der Waals surface area contributed by atoms with Gasteiger partial charge in [0.2, 0.25) is 0 Å². The number of aromatic amines is 1. The summed E-state index contributed by atoms with van der Waals surface area (Å²) in [4.78, 5) is 16.6. The number of hydrogen-bond donors (Lipinski definition) is 3. The van der Waals surface area contributed by atoms with Crippen molar-refractivity contribution in [2.45, 2.75) is 26.2 Å². The number of H-pyrrole nitrogens is 1. The predicted molar refractivity (Wildman–Crippen MR) is 113 cm³/mol. The normalized spacial score (nSPS) is 11.4. The highest BCUT2D eigenvalue weighted by Gasteiger charge is 2.14. The molecule has 0 radical (unpaired) electrons. The van der Waals surface area contributed by atoms with Crippen LogP contribution in [0.1, 0.15) is 18.3 Å². The summed E-state index contributed by atoms with van der Waals surface area (Å²) in [5.74, 6) is 1.71. The monoisotopic (exact) mass is 417 g/mol. The molecular weight excluding hydrogens is 394 g/mol. The SMILES string of the molecule is COc1cccc(COC(C)C(=O)Nc2ccc(-c3n[nH]c(CN)n3)cc2)c1.Cl. The summed E-state index contributed by atoms with van der Waals surface area (Å²) >= 11 is 0. The van der Waals surface area contributed by atoms with Gasteiger partial charge in [-0.2, -0.15) is 5.10 Å². The molecule has 3 rings (SSSR count). The van der Waals surface area contributed by atoms with Gasteiger partial charge in [-0.1, -0.05) is 12.1 Å². The van der Waals surface area contributed by atoms with E-state index >= 15 is 0 Å². The molecule has 2 aromatic carbocycles. The molecule has 9 heteroatoms. The van der Waals surface area contributed by atoms with Crippen LogP contribution in [0.4, 0.5) is 5.69 Å². The van der Waals surface area contributed by atoms with Crippen LogP contribution >= 0.6 is 12.4 Å². The predicted octanol–water partition coefficient (Wildman–Crippen LogP) is 2.90. The Labute approximate surface area is 175 Å². The second-order valence-electron chi connectivity index (χ2n) is 6.18. The van der Waals surface area contributed by atoms with E-state index in [1.165, 1.54) is 0 Å². The average molecular weight is 418 g/mol. The third-order valence-corrected chi connectivity index (χ3v) is 4.14. The van der Waals surface area contributed by atoms with E-state index in [0.29, 0.717) is 30.5 Å². The van der Waals surface area contributed by atoms with E-state index in [-0.39, 0.29) is 18.3 Å². The van der Waals surface area contributed by atoms with E-state index in [0.717, 1.165) is 16.9 Å². The maximum absolute atomic E-state index is 12.3. The Morgan fingerprint density at radius 1 is 1.24 bits per heavy atom. The van der Waals surface area contributed by atoms with Crippen molar-refractivity contribution in [3.05, 3.63) is 59.9 Å². The van der Waals surface area contributed by atoms with Crippen LogP contribution < -0.4 is 15.8 Å². The number of carbonyl (C=O) groups excluding carboxylic acids is 1. The maximum Gasteiger partial charge on any atom is 0.253 e. The van der Waals surface area contributed by atoms with Gasteiger partial charge in [-0.15, -0.1) is 12.4 Å². The second-order valence-corrected chi connectivity index (χ2v) is 6.18. The first-order valence-electron chi connectivity index (χ1n) is 8.86. The van der Waals surface area contributed by atoms with E-state index in [9.17, 15) is 4.79 Å². The minimum Gasteiger partial charge on any atom is -0.497 e. The summed E-state index contributed by atoms with van der Waals surface area (Å²) in [6.07, 6.45) is -0.606. The Balaban J connectivity index is 0.00000300. The molecule has 1 unspecified atom stereocenters. The van der Waals surface area contributed by atoms with Crippen LogP contribution in [0.2, 0.25) is 0 Å². The lowest BCUT2D eigenvalue weighted by Crippen LogP contribution is -2.27. The number of hydrogen-bond acceptors (Lipinski definition) is 6. The Bertz CT molecular complexity index is 930. The Morgan fingerprint density at radius 2 is 2.00 bits per heavy atom. The van der Waals surface area contributed by atoms with Crippen LogP contribution in [0, 0.1) is 0 Å². The number of halogens is 1. The summed E-state index contributed by atoms with van der Waals surface area (Å²) in [6.45, 7) is 2.33. The molecule has 8 nitrogen and oxygen atoms in total. The zero-order valence-corrected chi connectivity index (χ0v) is 17.0. The smallest absolute Gasteiger partial charge is 0.253 e. The number of methoxy groups -OCH3 is 1. The zero-order valence-electron chi connectivity index (χ0n) is 16.2. The average Bonchev–Trinajstić information content (AvgIpc) is 3.22. The molecule has 0 saturated carbocycles. The van der Waals surface area contributed by atoms with Crippen molar-refractivity contribution >= 4 is 24.0 Å².